The fraction of sp³-hybridized carbons (Fsp3) is 0.105. The van der Waals surface area contributed by atoms with Gasteiger partial charge in [-0.3, -0.25) is 0 Å². The van der Waals surface area contributed by atoms with Crippen LogP contribution in [0.5, 0.6) is 0 Å². The highest BCUT2D eigenvalue weighted by Gasteiger charge is 2.13. The molecule has 0 unspecified atom stereocenters. The lowest BCUT2D eigenvalue weighted by atomic mass is 10.1. The standard InChI is InChI=1S/C19H16FN5/c1-13(14-7-9-15(20)10-8-14)24-18-17-11-23-25(19(17)22-12-21-18)16-5-3-2-4-6-16/h2-13H,1H3,(H,21,22,24)/t13-/m1/s1. The zero-order valence-corrected chi connectivity index (χ0v) is 13.6. The van der Waals surface area contributed by atoms with Gasteiger partial charge in [0.05, 0.1) is 17.3 Å². The van der Waals surface area contributed by atoms with Crippen LogP contribution in [0.15, 0.2) is 67.1 Å². The van der Waals surface area contributed by atoms with Gasteiger partial charge in [-0.15, -0.1) is 0 Å². The molecule has 2 aromatic carbocycles. The predicted octanol–water partition coefficient (Wildman–Crippen LogP) is 4.13. The number of nitrogens with one attached hydrogen (secondary N) is 1. The van der Waals surface area contributed by atoms with Gasteiger partial charge in [-0.25, -0.2) is 19.0 Å². The van der Waals surface area contributed by atoms with Gasteiger partial charge >= 0.3 is 0 Å². The van der Waals surface area contributed by atoms with Crippen molar-refractivity contribution in [1.29, 1.82) is 0 Å². The third-order valence-electron chi connectivity index (χ3n) is 4.09. The highest BCUT2D eigenvalue weighted by atomic mass is 19.1. The molecule has 0 radical (unpaired) electrons. The normalized spacial score (nSPS) is 12.2. The molecule has 0 saturated carbocycles. The van der Waals surface area contributed by atoms with E-state index in [1.54, 1.807) is 23.0 Å². The molecular formula is C19H16FN5. The van der Waals surface area contributed by atoms with Gasteiger partial charge in [-0.05, 0) is 36.8 Å². The molecule has 0 saturated heterocycles. The zero-order chi connectivity index (χ0) is 17.2. The van der Waals surface area contributed by atoms with Crippen LogP contribution >= 0.6 is 0 Å². The number of para-hydroxylation sites is 1. The van der Waals surface area contributed by atoms with Gasteiger partial charge in [0.15, 0.2) is 5.65 Å². The number of hydrogen-bond acceptors (Lipinski definition) is 4. The Balaban J connectivity index is 1.69. The smallest absolute Gasteiger partial charge is 0.168 e. The molecule has 2 aromatic heterocycles. The van der Waals surface area contributed by atoms with Crippen LogP contribution in [0.3, 0.4) is 0 Å². The Bertz CT molecular complexity index is 995. The van der Waals surface area contributed by atoms with Crippen molar-refractivity contribution < 1.29 is 4.39 Å². The average Bonchev–Trinajstić information content (AvgIpc) is 3.08. The first kappa shape index (κ1) is 15.3. The monoisotopic (exact) mass is 333 g/mol. The Morgan fingerprint density at radius 2 is 1.76 bits per heavy atom. The lowest BCUT2D eigenvalue weighted by Crippen LogP contribution is -2.08. The Hall–Kier alpha value is -3.28. The molecule has 0 aliphatic carbocycles. The molecule has 5 nitrogen and oxygen atoms in total. The fourth-order valence-corrected chi connectivity index (χ4v) is 2.76. The third-order valence-corrected chi connectivity index (χ3v) is 4.09. The van der Waals surface area contributed by atoms with Crippen molar-refractivity contribution in [3.8, 4) is 5.69 Å². The van der Waals surface area contributed by atoms with E-state index < -0.39 is 0 Å². The van der Waals surface area contributed by atoms with E-state index >= 15 is 0 Å². The minimum atomic E-state index is -0.246. The van der Waals surface area contributed by atoms with Crippen LogP contribution in [0.4, 0.5) is 10.2 Å². The summed E-state index contributed by atoms with van der Waals surface area (Å²) in [5.74, 6) is 0.452. The summed E-state index contributed by atoms with van der Waals surface area (Å²) in [6, 6.07) is 16.2. The first-order valence-electron chi connectivity index (χ1n) is 7.98. The van der Waals surface area contributed by atoms with Crippen LogP contribution in [0.25, 0.3) is 16.7 Å². The summed E-state index contributed by atoms with van der Waals surface area (Å²) < 4.78 is 14.9. The molecule has 0 aliphatic heterocycles. The van der Waals surface area contributed by atoms with Crippen molar-refractivity contribution in [1.82, 2.24) is 19.7 Å². The molecule has 25 heavy (non-hydrogen) atoms. The highest BCUT2D eigenvalue weighted by Crippen LogP contribution is 2.25. The number of aromatic nitrogens is 4. The van der Waals surface area contributed by atoms with Crippen LogP contribution in [0.2, 0.25) is 0 Å². The van der Waals surface area contributed by atoms with Gasteiger partial charge < -0.3 is 5.32 Å². The number of halogens is 1. The van der Waals surface area contributed by atoms with Crippen LogP contribution in [0.1, 0.15) is 18.5 Å². The topological polar surface area (TPSA) is 55.6 Å². The van der Waals surface area contributed by atoms with Crippen LogP contribution in [-0.2, 0) is 0 Å². The predicted molar refractivity (Wildman–Crippen MR) is 95.1 cm³/mol. The van der Waals surface area contributed by atoms with Crippen molar-refractivity contribution >= 4 is 16.9 Å². The largest absolute Gasteiger partial charge is 0.363 e. The zero-order valence-electron chi connectivity index (χ0n) is 13.6. The summed E-state index contributed by atoms with van der Waals surface area (Å²) >= 11 is 0. The highest BCUT2D eigenvalue weighted by molar-refractivity contribution is 5.87. The minimum Gasteiger partial charge on any atom is -0.363 e. The molecular weight excluding hydrogens is 317 g/mol. The average molecular weight is 333 g/mol. The SMILES string of the molecule is C[C@@H](Nc1ncnc2c1cnn2-c1ccccc1)c1ccc(F)cc1. The second kappa shape index (κ2) is 6.32. The number of anilines is 1. The lowest BCUT2D eigenvalue weighted by Gasteiger charge is -2.15. The van der Waals surface area contributed by atoms with Crippen LogP contribution in [0, 0.1) is 5.82 Å². The van der Waals surface area contributed by atoms with Crippen molar-refractivity contribution in [2.45, 2.75) is 13.0 Å². The van der Waals surface area contributed by atoms with E-state index in [0.717, 1.165) is 22.3 Å². The molecule has 0 amide bonds. The second-order valence-electron chi connectivity index (χ2n) is 5.77. The van der Waals surface area contributed by atoms with Crippen molar-refractivity contribution in [3.05, 3.63) is 78.5 Å². The van der Waals surface area contributed by atoms with Gasteiger partial charge in [0.1, 0.15) is 18.0 Å². The van der Waals surface area contributed by atoms with E-state index in [2.05, 4.69) is 20.4 Å². The van der Waals surface area contributed by atoms with E-state index in [1.807, 2.05) is 37.3 Å². The number of rotatable bonds is 4. The summed E-state index contributed by atoms with van der Waals surface area (Å²) in [6.45, 7) is 2.00. The van der Waals surface area contributed by atoms with Gasteiger partial charge in [-0.1, -0.05) is 30.3 Å². The Labute approximate surface area is 144 Å². The summed E-state index contributed by atoms with van der Waals surface area (Å²) in [5, 5.41) is 8.63. The van der Waals surface area contributed by atoms with Crippen LogP contribution in [-0.4, -0.2) is 19.7 Å². The Morgan fingerprint density at radius 1 is 1.00 bits per heavy atom. The summed E-state index contributed by atoms with van der Waals surface area (Å²) in [5.41, 5.74) is 2.65. The summed E-state index contributed by atoms with van der Waals surface area (Å²) in [6.07, 6.45) is 3.27. The van der Waals surface area contributed by atoms with E-state index in [-0.39, 0.29) is 11.9 Å². The van der Waals surface area contributed by atoms with E-state index in [1.165, 1.54) is 18.5 Å². The molecule has 0 bridgehead atoms. The molecule has 1 N–H and O–H groups in total. The fourth-order valence-electron chi connectivity index (χ4n) is 2.76. The van der Waals surface area contributed by atoms with Gasteiger partial charge in [0.25, 0.3) is 0 Å². The quantitative estimate of drug-likeness (QED) is 0.610. The van der Waals surface area contributed by atoms with E-state index in [0.29, 0.717) is 5.82 Å². The molecule has 0 fully saturated rings. The molecule has 0 aliphatic rings. The van der Waals surface area contributed by atoms with E-state index in [4.69, 9.17) is 0 Å². The Kier molecular flexibility index (Phi) is 3.85. The molecule has 1 atom stereocenters. The van der Waals surface area contributed by atoms with E-state index in [9.17, 15) is 4.39 Å². The third kappa shape index (κ3) is 2.94. The molecule has 6 heteroatoms. The maximum Gasteiger partial charge on any atom is 0.168 e. The molecule has 2 heterocycles. The van der Waals surface area contributed by atoms with Crippen LogP contribution < -0.4 is 5.32 Å². The number of fused-ring (bicyclic) bond motifs is 1. The molecule has 4 aromatic rings. The first-order valence-corrected chi connectivity index (χ1v) is 7.98. The molecule has 0 spiro atoms. The van der Waals surface area contributed by atoms with Gasteiger partial charge in [0.2, 0.25) is 0 Å². The van der Waals surface area contributed by atoms with Crippen molar-refractivity contribution in [3.63, 3.8) is 0 Å². The van der Waals surface area contributed by atoms with Crippen molar-refractivity contribution in [2.24, 2.45) is 0 Å². The second-order valence-corrected chi connectivity index (χ2v) is 5.77. The van der Waals surface area contributed by atoms with Gasteiger partial charge in [0, 0.05) is 6.04 Å². The maximum atomic E-state index is 13.1. The Morgan fingerprint density at radius 3 is 2.52 bits per heavy atom. The minimum absolute atomic E-state index is 0.0289. The summed E-state index contributed by atoms with van der Waals surface area (Å²) in [7, 11) is 0. The number of hydrogen-bond donors (Lipinski definition) is 1. The first-order chi connectivity index (χ1) is 12.2. The molecule has 124 valence electrons. The number of nitrogens with zero attached hydrogens (tertiary/aromatic N) is 4. The number of benzene rings is 2. The lowest BCUT2D eigenvalue weighted by molar-refractivity contribution is 0.626. The molecule has 4 rings (SSSR count). The summed E-state index contributed by atoms with van der Waals surface area (Å²) in [4.78, 5) is 8.72. The van der Waals surface area contributed by atoms with Gasteiger partial charge in [-0.2, -0.15) is 5.10 Å². The van der Waals surface area contributed by atoms with Crippen molar-refractivity contribution in [2.75, 3.05) is 5.32 Å². The maximum absolute atomic E-state index is 13.1.